The third kappa shape index (κ3) is 5.91. The van der Waals surface area contributed by atoms with Crippen LogP contribution in [0.25, 0.3) is 0 Å². The molecule has 0 spiro atoms. The second-order valence-corrected chi connectivity index (χ2v) is 3.57. The highest BCUT2D eigenvalue weighted by atomic mass is 32.2. The predicted octanol–water partition coefficient (Wildman–Crippen LogP) is 1.38. The molecular weight excluding hydrogens is 164 g/mol. The topological polar surface area (TPSA) is 54.4 Å². The summed E-state index contributed by atoms with van der Waals surface area (Å²) in [7, 11) is 0. The van der Waals surface area contributed by atoms with E-state index in [2.05, 4.69) is 0 Å². The molecule has 0 rings (SSSR count). The standard InChI is InChI=1S/C7H12O3S/c1-5(2)7(10)11-4-3-6(8)9/h5H,3-4H2,1-2H3,(H,8,9). The quantitative estimate of drug-likeness (QED) is 0.703. The molecule has 0 atom stereocenters. The molecule has 11 heavy (non-hydrogen) atoms. The van der Waals surface area contributed by atoms with Gasteiger partial charge in [-0.1, -0.05) is 25.6 Å². The smallest absolute Gasteiger partial charge is 0.304 e. The average Bonchev–Trinajstić information content (AvgIpc) is 1.86. The van der Waals surface area contributed by atoms with Crippen molar-refractivity contribution in [2.75, 3.05) is 5.75 Å². The Morgan fingerprint density at radius 3 is 2.36 bits per heavy atom. The van der Waals surface area contributed by atoms with Crippen LogP contribution in [0.5, 0.6) is 0 Å². The lowest BCUT2D eigenvalue weighted by Crippen LogP contribution is -2.04. The van der Waals surface area contributed by atoms with E-state index in [9.17, 15) is 9.59 Å². The number of hydrogen-bond donors (Lipinski definition) is 1. The van der Waals surface area contributed by atoms with Gasteiger partial charge in [0.05, 0.1) is 6.42 Å². The van der Waals surface area contributed by atoms with E-state index in [1.165, 1.54) is 0 Å². The maximum atomic E-state index is 10.9. The molecule has 0 heterocycles. The number of thioether (sulfide) groups is 1. The molecule has 3 nitrogen and oxygen atoms in total. The third-order valence-corrected chi connectivity index (χ3v) is 2.20. The van der Waals surface area contributed by atoms with Gasteiger partial charge < -0.3 is 5.11 Å². The molecule has 0 unspecified atom stereocenters. The van der Waals surface area contributed by atoms with Crippen molar-refractivity contribution in [1.82, 2.24) is 0 Å². The average molecular weight is 176 g/mol. The van der Waals surface area contributed by atoms with E-state index < -0.39 is 5.97 Å². The number of carbonyl (C=O) groups excluding carboxylic acids is 1. The predicted molar refractivity (Wildman–Crippen MR) is 44.6 cm³/mol. The molecule has 4 heteroatoms. The third-order valence-electron chi connectivity index (χ3n) is 1.03. The Kier molecular flexibility index (Phi) is 4.94. The van der Waals surface area contributed by atoms with Crippen LogP contribution >= 0.6 is 11.8 Å². The van der Waals surface area contributed by atoms with Crippen LogP contribution in [0, 0.1) is 5.92 Å². The monoisotopic (exact) mass is 176 g/mol. The fourth-order valence-electron chi connectivity index (χ4n) is 0.406. The van der Waals surface area contributed by atoms with Crippen molar-refractivity contribution in [3.8, 4) is 0 Å². The Hall–Kier alpha value is -0.510. The van der Waals surface area contributed by atoms with Crippen molar-refractivity contribution in [3.05, 3.63) is 0 Å². The van der Waals surface area contributed by atoms with Crippen molar-refractivity contribution >= 4 is 22.8 Å². The van der Waals surface area contributed by atoms with E-state index in [1.807, 2.05) is 0 Å². The van der Waals surface area contributed by atoms with E-state index in [4.69, 9.17) is 5.11 Å². The maximum absolute atomic E-state index is 10.9. The van der Waals surface area contributed by atoms with Gasteiger partial charge in [0.2, 0.25) is 0 Å². The lowest BCUT2D eigenvalue weighted by Gasteiger charge is -2.00. The largest absolute Gasteiger partial charge is 0.481 e. The minimum Gasteiger partial charge on any atom is -0.481 e. The van der Waals surface area contributed by atoms with Crippen LogP contribution in [0.15, 0.2) is 0 Å². The second-order valence-electron chi connectivity index (χ2n) is 2.47. The van der Waals surface area contributed by atoms with Crippen molar-refractivity contribution in [3.63, 3.8) is 0 Å². The van der Waals surface area contributed by atoms with Gasteiger partial charge in [0, 0.05) is 11.7 Å². The fraction of sp³-hybridized carbons (Fsp3) is 0.714. The van der Waals surface area contributed by atoms with Gasteiger partial charge in [-0.2, -0.15) is 0 Å². The molecule has 0 aromatic rings. The lowest BCUT2D eigenvalue weighted by molar-refractivity contribution is -0.136. The highest BCUT2D eigenvalue weighted by molar-refractivity contribution is 8.13. The number of rotatable bonds is 4. The van der Waals surface area contributed by atoms with Crippen molar-refractivity contribution in [1.29, 1.82) is 0 Å². The van der Waals surface area contributed by atoms with Crippen LogP contribution in [-0.4, -0.2) is 21.9 Å². The van der Waals surface area contributed by atoms with Crippen LogP contribution in [-0.2, 0) is 9.59 Å². The SMILES string of the molecule is CC(C)C(=O)SCCC(=O)O. The van der Waals surface area contributed by atoms with E-state index in [1.54, 1.807) is 13.8 Å². The molecule has 0 saturated carbocycles. The first kappa shape index (κ1) is 10.5. The van der Waals surface area contributed by atoms with E-state index in [0.717, 1.165) is 11.8 Å². The Bertz CT molecular complexity index is 154. The summed E-state index contributed by atoms with van der Waals surface area (Å²) in [4.78, 5) is 20.9. The fourth-order valence-corrected chi connectivity index (χ4v) is 1.22. The number of aliphatic carboxylic acids is 1. The van der Waals surface area contributed by atoms with Gasteiger partial charge in [-0.3, -0.25) is 9.59 Å². The van der Waals surface area contributed by atoms with Gasteiger partial charge >= 0.3 is 5.97 Å². The zero-order chi connectivity index (χ0) is 8.85. The Balaban J connectivity index is 3.39. The summed E-state index contributed by atoms with van der Waals surface area (Å²) < 4.78 is 0. The summed E-state index contributed by atoms with van der Waals surface area (Å²) >= 11 is 1.09. The van der Waals surface area contributed by atoms with Crippen molar-refractivity contribution in [2.45, 2.75) is 20.3 Å². The first-order valence-corrected chi connectivity index (χ1v) is 4.41. The maximum Gasteiger partial charge on any atom is 0.304 e. The van der Waals surface area contributed by atoms with Gasteiger partial charge in [0.1, 0.15) is 0 Å². The lowest BCUT2D eigenvalue weighted by atomic mass is 10.3. The summed E-state index contributed by atoms with van der Waals surface area (Å²) in [6, 6.07) is 0. The zero-order valence-corrected chi connectivity index (χ0v) is 7.48. The van der Waals surface area contributed by atoms with E-state index in [0.29, 0.717) is 5.75 Å². The minimum absolute atomic E-state index is 0.00575. The second kappa shape index (κ2) is 5.18. The molecule has 0 radical (unpaired) electrons. The van der Waals surface area contributed by atoms with Crippen LogP contribution < -0.4 is 0 Å². The molecule has 0 aromatic heterocycles. The summed E-state index contributed by atoms with van der Waals surface area (Å²) in [5, 5.41) is 8.30. The van der Waals surface area contributed by atoms with Crippen LogP contribution in [0.2, 0.25) is 0 Å². The molecule has 0 fully saturated rings. The molecule has 0 aliphatic heterocycles. The molecule has 0 saturated heterocycles. The molecule has 0 aromatic carbocycles. The minimum atomic E-state index is -0.853. The molecule has 0 amide bonds. The summed E-state index contributed by atoms with van der Waals surface area (Å²) in [5.74, 6) is -0.477. The molecular formula is C7H12O3S. The van der Waals surface area contributed by atoms with Gasteiger partial charge in [0.25, 0.3) is 0 Å². The Labute approximate surface area is 70.2 Å². The van der Waals surface area contributed by atoms with Crippen molar-refractivity contribution in [2.24, 2.45) is 5.92 Å². The number of carboxylic acid groups (broad SMARTS) is 1. The van der Waals surface area contributed by atoms with Gasteiger partial charge in [0.15, 0.2) is 5.12 Å². The number of hydrogen-bond acceptors (Lipinski definition) is 3. The summed E-state index contributed by atoms with van der Waals surface area (Å²) in [6.07, 6.45) is 0.0587. The Morgan fingerprint density at radius 2 is 2.00 bits per heavy atom. The highest BCUT2D eigenvalue weighted by Gasteiger charge is 2.07. The van der Waals surface area contributed by atoms with Gasteiger partial charge in [-0.15, -0.1) is 0 Å². The van der Waals surface area contributed by atoms with Gasteiger partial charge in [-0.05, 0) is 0 Å². The van der Waals surface area contributed by atoms with Crippen LogP contribution in [0.1, 0.15) is 20.3 Å². The normalized spacial score (nSPS) is 10.1. The van der Waals surface area contributed by atoms with Gasteiger partial charge in [-0.25, -0.2) is 0 Å². The molecule has 0 aliphatic rings. The van der Waals surface area contributed by atoms with E-state index in [-0.39, 0.29) is 17.5 Å². The summed E-state index contributed by atoms with van der Waals surface area (Å²) in [5.41, 5.74) is 0. The first-order valence-electron chi connectivity index (χ1n) is 3.42. The number of carboxylic acids is 1. The molecule has 0 bridgehead atoms. The molecule has 64 valence electrons. The highest BCUT2D eigenvalue weighted by Crippen LogP contribution is 2.10. The number of carbonyl (C=O) groups is 2. The summed E-state index contributed by atoms with van der Waals surface area (Å²) in [6.45, 7) is 3.60. The molecule has 0 aliphatic carbocycles. The van der Waals surface area contributed by atoms with E-state index >= 15 is 0 Å². The zero-order valence-electron chi connectivity index (χ0n) is 6.66. The Morgan fingerprint density at radius 1 is 1.45 bits per heavy atom. The molecule has 1 N–H and O–H groups in total. The first-order chi connectivity index (χ1) is 5.04. The van der Waals surface area contributed by atoms with Crippen molar-refractivity contribution < 1.29 is 14.7 Å². The van der Waals surface area contributed by atoms with Crippen LogP contribution in [0.4, 0.5) is 0 Å². The van der Waals surface area contributed by atoms with Crippen LogP contribution in [0.3, 0.4) is 0 Å².